The van der Waals surface area contributed by atoms with Crippen LogP contribution in [0.2, 0.25) is 5.02 Å². The molecule has 1 aliphatic heterocycles. The van der Waals surface area contributed by atoms with E-state index in [1.54, 1.807) is 42.5 Å². The largest absolute Gasteiger partial charge is 0.496 e. The van der Waals surface area contributed by atoms with Crippen LogP contribution in [0.3, 0.4) is 0 Å². The number of anilines is 2. The van der Waals surface area contributed by atoms with Gasteiger partial charge in [0.15, 0.2) is 5.75 Å². The van der Waals surface area contributed by atoms with Gasteiger partial charge in [-0.1, -0.05) is 23.7 Å². The van der Waals surface area contributed by atoms with Crippen molar-refractivity contribution in [2.75, 3.05) is 17.7 Å². The van der Waals surface area contributed by atoms with Crippen molar-refractivity contribution >= 4 is 34.8 Å². The van der Waals surface area contributed by atoms with Crippen LogP contribution >= 0.6 is 11.6 Å². The Morgan fingerprint density at radius 3 is 2.71 bits per heavy atom. The SMILES string of the molecule is COc1ccc(Cl)cc1C(=O)Nc1ccc2c(c1)C(=O)Nc1ccccc1O2. The lowest BCUT2D eigenvalue weighted by molar-refractivity contribution is 0.101. The zero-order valence-corrected chi connectivity index (χ0v) is 15.5. The molecule has 0 radical (unpaired) electrons. The molecule has 0 saturated heterocycles. The fourth-order valence-electron chi connectivity index (χ4n) is 2.90. The zero-order chi connectivity index (χ0) is 19.7. The van der Waals surface area contributed by atoms with Crippen molar-refractivity contribution in [3.63, 3.8) is 0 Å². The van der Waals surface area contributed by atoms with E-state index in [2.05, 4.69) is 10.6 Å². The van der Waals surface area contributed by atoms with Gasteiger partial charge in [-0.2, -0.15) is 0 Å². The molecule has 0 saturated carbocycles. The predicted molar refractivity (Wildman–Crippen MR) is 107 cm³/mol. The van der Waals surface area contributed by atoms with Crippen LogP contribution in [0.25, 0.3) is 0 Å². The molecule has 2 amide bonds. The molecule has 0 fully saturated rings. The van der Waals surface area contributed by atoms with E-state index in [0.29, 0.717) is 39.2 Å². The van der Waals surface area contributed by atoms with Crippen molar-refractivity contribution in [3.8, 4) is 17.2 Å². The van der Waals surface area contributed by atoms with Crippen LogP contribution in [0.4, 0.5) is 11.4 Å². The summed E-state index contributed by atoms with van der Waals surface area (Å²) in [7, 11) is 1.47. The summed E-state index contributed by atoms with van der Waals surface area (Å²) in [6.45, 7) is 0. The topological polar surface area (TPSA) is 76.7 Å². The molecule has 1 heterocycles. The van der Waals surface area contributed by atoms with E-state index in [-0.39, 0.29) is 11.5 Å². The van der Waals surface area contributed by atoms with Crippen LogP contribution in [-0.2, 0) is 0 Å². The predicted octanol–water partition coefficient (Wildman–Crippen LogP) is 4.96. The first-order valence-electron chi connectivity index (χ1n) is 8.42. The standard InChI is InChI=1S/C21H15ClN2O4/c1-27-17-8-6-12(22)10-14(17)20(25)23-13-7-9-18-15(11-13)21(26)24-16-4-2-3-5-19(16)28-18/h2-11H,1H3,(H,23,25)(H,24,26). The van der Waals surface area contributed by atoms with Crippen LogP contribution in [-0.4, -0.2) is 18.9 Å². The third kappa shape index (κ3) is 3.37. The van der Waals surface area contributed by atoms with Gasteiger partial charge in [0.2, 0.25) is 0 Å². The van der Waals surface area contributed by atoms with Crippen LogP contribution in [0, 0.1) is 0 Å². The molecule has 4 rings (SSSR count). The van der Waals surface area contributed by atoms with E-state index < -0.39 is 5.91 Å². The van der Waals surface area contributed by atoms with E-state index in [4.69, 9.17) is 21.1 Å². The van der Waals surface area contributed by atoms with Gasteiger partial charge in [0.25, 0.3) is 11.8 Å². The van der Waals surface area contributed by atoms with Crippen LogP contribution in [0.5, 0.6) is 17.2 Å². The molecular formula is C21H15ClN2O4. The number of nitrogens with one attached hydrogen (secondary N) is 2. The smallest absolute Gasteiger partial charge is 0.259 e. The van der Waals surface area contributed by atoms with E-state index in [1.165, 1.54) is 13.2 Å². The number of carbonyl (C=O) groups excluding carboxylic acids is 2. The maximum absolute atomic E-state index is 12.7. The first-order valence-corrected chi connectivity index (χ1v) is 8.80. The highest BCUT2D eigenvalue weighted by Crippen LogP contribution is 2.36. The summed E-state index contributed by atoms with van der Waals surface area (Å²) in [5, 5.41) is 5.98. The first kappa shape index (κ1) is 17.9. The van der Waals surface area contributed by atoms with Crippen LogP contribution in [0.1, 0.15) is 20.7 Å². The van der Waals surface area contributed by atoms with Gasteiger partial charge >= 0.3 is 0 Å². The summed E-state index contributed by atoms with van der Waals surface area (Å²) in [5.41, 5.74) is 1.62. The molecule has 6 nitrogen and oxygen atoms in total. The molecule has 2 N–H and O–H groups in total. The van der Waals surface area contributed by atoms with Gasteiger partial charge in [-0.3, -0.25) is 9.59 Å². The lowest BCUT2D eigenvalue weighted by Crippen LogP contribution is -2.15. The monoisotopic (exact) mass is 394 g/mol. The Balaban J connectivity index is 1.64. The Morgan fingerprint density at radius 1 is 1.07 bits per heavy atom. The quantitative estimate of drug-likeness (QED) is 0.658. The Kier molecular flexibility index (Phi) is 4.63. The lowest BCUT2D eigenvalue weighted by Gasteiger charge is -2.12. The minimum absolute atomic E-state index is 0.290. The molecule has 0 atom stereocenters. The number of para-hydroxylation sites is 2. The van der Waals surface area contributed by atoms with Crippen LogP contribution in [0.15, 0.2) is 60.7 Å². The summed E-state index contributed by atoms with van der Waals surface area (Å²) >= 11 is 5.99. The van der Waals surface area contributed by atoms with Crippen molar-refractivity contribution in [1.82, 2.24) is 0 Å². The van der Waals surface area contributed by atoms with Crippen molar-refractivity contribution in [2.45, 2.75) is 0 Å². The molecular weight excluding hydrogens is 380 g/mol. The van der Waals surface area contributed by atoms with E-state index in [0.717, 1.165) is 0 Å². The maximum Gasteiger partial charge on any atom is 0.259 e. The number of methoxy groups -OCH3 is 1. The molecule has 3 aromatic carbocycles. The summed E-state index contributed by atoms with van der Waals surface area (Å²) in [5.74, 6) is 0.623. The molecule has 140 valence electrons. The Labute approximate surface area is 166 Å². The number of benzene rings is 3. The summed E-state index contributed by atoms with van der Waals surface area (Å²) in [4.78, 5) is 25.2. The second-order valence-corrected chi connectivity index (χ2v) is 6.50. The number of rotatable bonds is 3. The maximum atomic E-state index is 12.7. The van der Waals surface area contributed by atoms with Crippen molar-refractivity contribution in [3.05, 3.63) is 76.8 Å². The Morgan fingerprint density at radius 2 is 1.89 bits per heavy atom. The fraction of sp³-hybridized carbons (Fsp3) is 0.0476. The average molecular weight is 395 g/mol. The Bertz CT molecular complexity index is 1100. The normalized spacial score (nSPS) is 12.0. The molecule has 0 aliphatic carbocycles. The van der Waals surface area contributed by atoms with Gasteiger partial charge in [0.1, 0.15) is 11.5 Å². The summed E-state index contributed by atoms with van der Waals surface area (Å²) in [6, 6.07) is 16.8. The lowest BCUT2D eigenvalue weighted by atomic mass is 10.1. The van der Waals surface area contributed by atoms with Gasteiger partial charge in [-0.05, 0) is 48.5 Å². The van der Waals surface area contributed by atoms with Gasteiger partial charge in [-0.15, -0.1) is 0 Å². The second kappa shape index (κ2) is 7.25. The van der Waals surface area contributed by atoms with E-state index in [9.17, 15) is 9.59 Å². The van der Waals surface area contributed by atoms with Crippen molar-refractivity contribution < 1.29 is 19.1 Å². The molecule has 7 heteroatoms. The number of hydrogen-bond donors (Lipinski definition) is 2. The van der Waals surface area contributed by atoms with Crippen LogP contribution < -0.4 is 20.1 Å². The number of halogens is 1. The van der Waals surface area contributed by atoms with Gasteiger partial charge < -0.3 is 20.1 Å². The minimum Gasteiger partial charge on any atom is -0.496 e. The van der Waals surface area contributed by atoms with Gasteiger partial charge in [-0.25, -0.2) is 0 Å². The van der Waals surface area contributed by atoms with E-state index in [1.807, 2.05) is 12.1 Å². The van der Waals surface area contributed by atoms with Crippen molar-refractivity contribution in [2.24, 2.45) is 0 Å². The summed E-state index contributed by atoms with van der Waals surface area (Å²) in [6.07, 6.45) is 0. The molecule has 0 unspecified atom stereocenters. The molecule has 1 aliphatic rings. The third-order valence-corrected chi connectivity index (χ3v) is 4.48. The average Bonchev–Trinajstić information content (AvgIpc) is 2.83. The molecule has 3 aromatic rings. The van der Waals surface area contributed by atoms with Gasteiger partial charge in [0, 0.05) is 10.7 Å². The second-order valence-electron chi connectivity index (χ2n) is 6.06. The number of ether oxygens (including phenoxy) is 2. The minimum atomic E-state index is -0.405. The van der Waals surface area contributed by atoms with Gasteiger partial charge in [0.05, 0.1) is 23.9 Å². The number of fused-ring (bicyclic) bond motifs is 2. The zero-order valence-electron chi connectivity index (χ0n) is 14.8. The number of amides is 2. The highest BCUT2D eigenvalue weighted by atomic mass is 35.5. The van der Waals surface area contributed by atoms with Crippen molar-refractivity contribution in [1.29, 1.82) is 0 Å². The highest BCUT2D eigenvalue weighted by Gasteiger charge is 2.22. The number of hydrogen-bond acceptors (Lipinski definition) is 4. The number of carbonyl (C=O) groups is 2. The molecule has 0 aromatic heterocycles. The molecule has 28 heavy (non-hydrogen) atoms. The fourth-order valence-corrected chi connectivity index (χ4v) is 3.07. The molecule has 0 bridgehead atoms. The Hall–Kier alpha value is -3.51. The highest BCUT2D eigenvalue weighted by molar-refractivity contribution is 6.31. The summed E-state index contributed by atoms with van der Waals surface area (Å²) < 4.78 is 11.1. The third-order valence-electron chi connectivity index (χ3n) is 4.24. The molecule has 0 spiro atoms. The van der Waals surface area contributed by atoms with E-state index >= 15 is 0 Å². The first-order chi connectivity index (χ1) is 13.5.